The van der Waals surface area contributed by atoms with Crippen molar-refractivity contribution in [1.82, 2.24) is 10.3 Å². The number of nitrogens with zero attached hydrogens (tertiary/aromatic N) is 2. The summed E-state index contributed by atoms with van der Waals surface area (Å²) in [5, 5.41) is 15.9. The molecule has 2 rings (SSSR count). The fourth-order valence-electron chi connectivity index (χ4n) is 1.17. The van der Waals surface area contributed by atoms with Gasteiger partial charge in [-0.1, -0.05) is 0 Å². The summed E-state index contributed by atoms with van der Waals surface area (Å²) in [5.74, 6) is -0.970. The highest BCUT2D eigenvalue weighted by molar-refractivity contribution is 5.93. The van der Waals surface area contributed by atoms with Crippen LogP contribution in [0.15, 0.2) is 16.8 Å². The molecule has 0 saturated carbocycles. The number of carboxylic acid groups (broad SMARTS) is 1. The van der Waals surface area contributed by atoms with E-state index in [1.165, 1.54) is 6.07 Å². The van der Waals surface area contributed by atoms with Crippen LogP contribution in [0.3, 0.4) is 0 Å². The normalized spacial score (nSPS) is 10.5. The van der Waals surface area contributed by atoms with Crippen LogP contribution in [0.1, 0.15) is 15.9 Å². The SMILES string of the molecule is Cc1cc2nonc2cc1C(=O)O. The first-order valence-electron chi connectivity index (χ1n) is 3.64. The second-order valence-electron chi connectivity index (χ2n) is 2.73. The smallest absolute Gasteiger partial charge is 0.336 e. The summed E-state index contributed by atoms with van der Waals surface area (Å²) < 4.78 is 4.46. The lowest BCUT2D eigenvalue weighted by Crippen LogP contribution is -1.99. The van der Waals surface area contributed by atoms with Gasteiger partial charge in [0, 0.05) is 0 Å². The van der Waals surface area contributed by atoms with Crippen LogP contribution in [0.25, 0.3) is 11.0 Å². The van der Waals surface area contributed by atoms with Crippen molar-refractivity contribution in [3.05, 3.63) is 23.3 Å². The lowest BCUT2D eigenvalue weighted by atomic mass is 10.1. The minimum atomic E-state index is -0.970. The molecule has 5 nitrogen and oxygen atoms in total. The number of carbonyl (C=O) groups is 1. The highest BCUT2D eigenvalue weighted by atomic mass is 16.6. The highest BCUT2D eigenvalue weighted by Crippen LogP contribution is 2.16. The van der Waals surface area contributed by atoms with Gasteiger partial charge in [-0.05, 0) is 34.9 Å². The Hall–Kier alpha value is -1.91. The number of aryl methyl sites for hydroxylation is 1. The Bertz CT molecular complexity index is 475. The molecular weight excluding hydrogens is 172 g/mol. The van der Waals surface area contributed by atoms with Crippen LogP contribution >= 0.6 is 0 Å². The molecule has 0 saturated heterocycles. The number of hydrogen-bond acceptors (Lipinski definition) is 4. The molecule has 66 valence electrons. The number of fused-ring (bicyclic) bond motifs is 1. The van der Waals surface area contributed by atoms with E-state index in [2.05, 4.69) is 14.9 Å². The molecule has 1 heterocycles. The predicted molar refractivity (Wildman–Crippen MR) is 43.5 cm³/mol. The van der Waals surface area contributed by atoms with Gasteiger partial charge in [-0.3, -0.25) is 0 Å². The third kappa shape index (κ3) is 1.14. The second kappa shape index (κ2) is 2.55. The van der Waals surface area contributed by atoms with E-state index in [0.29, 0.717) is 16.6 Å². The maximum Gasteiger partial charge on any atom is 0.336 e. The zero-order chi connectivity index (χ0) is 9.42. The summed E-state index contributed by atoms with van der Waals surface area (Å²) in [6.07, 6.45) is 0. The largest absolute Gasteiger partial charge is 0.478 e. The van der Waals surface area contributed by atoms with Gasteiger partial charge >= 0.3 is 5.97 Å². The van der Waals surface area contributed by atoms with Crippen molar-refractivity contribution in [3.63, 3.8) is 0 Å². The van der Waals surface area contributed by atoms with Crippen molar-refractivity contribution < 1.29 is 14.5 Å². The molecule has 0 aliphatic rings. The minimum absolute atomic E-state index is 0.225. The first kappa shape index (κ1) is 7.72. The summed E-state index contributed by atoms with van der Waals surface area (Å²) in [4.78, 5) is 10.7. The maximum atomic E-state index is 10.7. The number of aromatic nitrogens is 2. The molecule has 0 fully saturated rings. The van der Waals surface area contributed by atoms with E-state index in [9.17, 15) is 4.79 Å². The zero-order valence-electron chi connectivity index (χ0n) is 6.81. The molecule has 1 aromatic carbocycles. The Kier molecular flexibility index (Phi) is 1.51. The average Bonchev–Trinajstić information content (AvgIpc) is 2.48. The fraction of sp³-hybridized carbons (Fsp3) is 0.125. The summed E-state index contributed by atoms with van der Waals surface area (Å²) in [6.45, 7) is 1.71. The van der Waals surface area contributed by atoms with Gasteiger partial charge in [-0.25, -0.2) is 9.42 Å². The topological polar surface area (TPSA) is 76.2 Å². The Morgan fingerprint density at radius 2 is 2.00 bits per heavy atom. The molecule has 1 aromatic heterocycles. The van der Waals surface area contributed by atoms with E-state index in [1.807, 2.05) is 0 Å². The van der Waals surface area contributed by atoms with Crippen LogP contribution < -0.4 is 0 Å². The second-order valence-corrected chi connectivity index (χ2v) is 2.73. The first-order chi connectivity index (χ1) is 6.18. The van der Waals surface area contributed by atoms with E-state index >= 15 is 0 Å². The van der Waals surface area contributed by atoms with Crippen LogP contribution in [-0.2, 0) is 0 Å². The number of aromatic carboxylic acids is 1. The highest BCUT2D eigenvalue weighted by Gasteiger charge is 2.10. The van der Waals surface area contributed by atoms with Crippen molar-refractivity contribution in [1.29, 1.82) is 0 Å². The minimum Gasteiger partial charge on any atom is -0.478 e. The van der Waals surface area contributed by atoms with Gasteiger partial charge in [0.1, 0.15) is 11.0 Å². The van der Waals surface area contributed by atoms with E-state index in [-0.39, 0.29) is 5.56 Å². The number of carboxylic acids is 1. The van der Waals surface area contributed by atoms with Crippen molar-refractivity contribution in [3.8, 4) is 0 Å². The van der Waals surface area contributed by atoms with Crippen molar-refractivity contribution in [2.45, 2.75) is 6.92 Å². The third-order valence-corrected chi connectivity index (χ3v) is 1.83. The van der Waals surface area contributed by atoms with Crippen LogP contribution in [-0.4, -0.2) is 21.4 Å². The van der Waals surface area contributed by atoms with E-state index in [0.717, 1.165) is 0 Å². The molecule has 0 aliphatic carbocycles. The maximum absolute atomic E-state index is 10.7. The third-order valence-electron chi connectivity index (χ3n) is 1.83. The van der Waals surface area contributed by atoms with Crippen LogP contribution in [0.2, 0.25) is 0 Å². The Labute approximate surface area is 72.9 Å². The molecule has 0 unspecified atom stereocenters. The van der Waals surface area contributed by atoms with Crippen LogP contribution in [0.4, 0.5) is 0 Å². The Morgan fingerprint density at radius 1 is 1.38 bits per heavy atom. The van der Waals surface area contributed by atoms with E-state index in [4.69, 9.17) is 5.11 Å². The van der Waals surface area contributed by atoms with Gasteiger partial charge in [-0.2, -0.15) is 0 Å². The van der Waals surface area contributed by atoms with Crippen molar-refractivity contribution >= 4 is 17.0 Å². The fourth-order valence-corrected chi connectivity index (χ4v) is 1.17. The number of benzene rings is 1. The van der Waals surface area contributed by atoms with Gasteiger partial charge in [0.25, 0.3) is 0 Å². The lowest BCUT2D eigenvalue weighted by Gasteiger charge is -1.97. The van der Waals surface area contributed by atoms with Gasteiger partial charge in [0.2, 0.25) is 0 Å². The first-order valence-corrected chi connectivity index (χ1v) is 3.64. The molecule has 0 spiro atoms. The predicted octanol–water partition coefficient (Wildman–Crippen LogP) is 1.23. The summed E-state index contributed by atoms with van der Waals surface area (Å²) in [6, 6.07) is 3.08. The molecule has 0 aliphatic heterocycles. The molecule has 2 aromatic rings. The van der Waals surface area contributed by atoms with Gasteiger partial charge in [-0.15, -0.1) is 0 Å². The Balaban J connectivity index is 2.76. The lowest BCUT2D eigenvalue weighted by molar-refractivity contribution is 0.0696. The standard InChI is InChI=1S/C8H6N2O3/c1-4-2-6-7(10-13-9-6)3-5(4)8(11)12/h2-3H,1H3,(H,11,12). The molecular formula is C8H6N2O3. The molecule has 1 N–H and O–H groups in total. The summed E-state index contributed by atoms with van der Waals surface area (Å²) in [7, 11) is 0. The molecule has 13 heavy (non-hydrogen) atoms. The van der Waals surface area contributed by atoms with Gasteiger partial charge in [0.05, 0.1) is 5.56 Å². The molecule has 0 atom stereocenters. The Morgan fingerprint density at radius 3 is 2.62 bits per heavy atom. The molecule has 0 amide bonds. The van der Waals surface area contributed by atoms with Crippen LogP contribution in [0.5, 0.6) is 0 Å². The van der Waals surface area contributed by atoms with Crippen LogP contribution in [0, 0.1) is 6.92 Å². The van der Waals surface area contributed by atoms with Gasteiger partial charge in [0.15, 0.2) is 0 Å². The zero-order valence-corrected chi connectivity index (χ0v) is 6.81. The van der Waals surface area contributed by atoms with Crippen molar-refractivity contribution in [2.24, 2.45) is 0 Å². The van der Waals surface area contributed by atoms with Crippen molar-refractivity contribution in [2.75, 3.05) is 0 Å². The number of rotatable bonds is 1. The summed E-state index contributed by atoms with van der Waals surface area (Å²) in [5.41, 5.74) is 1.91. The summed E-state index contributed by atoms with van der Waals surface area (Å²) >= 11 is 0. The van der Waals surface area contributed by atoms with E-state index < -0.39 is 5.97 Å². The average molecular weight is 178 g/mol. The van der Waals surface area contributed by atoms with E-state index in [1.54, 1.807) is 13.0 Å². The quantitative estimate of drug-likeness (QED) is 0.710. The monoisotopic (exact) mass is 178 g/mol. The molecule has 0 bridgehead atoms. The molecule has 0 radical (unpaired) electrons. The molecule has 5 heteroatoms. The van der Waals surface area contributed by atoms with Gasteiger partial charge < -0.3 is 5.11 Å². The number of hydrogen-bond donors (Lipinski definition) is 1.